The van der Waals surface area contributed by atoms with Gasteiger partial charge in [0.25, 0.3) is 5.91 Å². The minimum absolute atomic E-state index is 0.0787. The molecular formula is C13H14FN3O2. The van der Waals surface area contributed by atoms with Gasteiger partial charge in [0.05, 0.1) is 7.11 Å². The fourth-order valence-electron chi connectivity index (χ4n) is 1.60. The van der Waals surface area contributed by atoms with E-state index in [-0.39, 0.29) is 11.7 Å². The molecule has 0 atom stereocenters. The van der Waals surface area contributed by atoms with E-state index >= 15 is 0 Å². The van der Waals surface area contributed by atoms with E-state index in [1.807, 2.05) is 6.92 Å². The van der Waals surface area contributed by atoms with Crippen molar-refractivity contribution in [2.24, 2.45) is 7.05 Å². The van der Waals surface area contributed by atoms with Crippen molar-refractivity contribution in [3.05, 3.63) is 41.5 Å². The van der Waals surface area contributed by atoms with Crippen LogP contribution in [0.3, 0.4) is 0 Å². The molecule has 0 bridgehead atoms. The number of amides is 1. The molecule has 2 aromatic rings. The number of methoxy groups -OCH3 is 1. The minimum atomic E-state index is -0.478. The number of anilines is 1. The van der Waals surface area contributed by atoms with Crippen LogP contribution in [0, 0.1) is 12.7 Å². The summed E-state index contributed by atoms with van der Waals surface area (Å²) in [6, 6.07) is 5.79. The smallest absolute Gasteiger partial charge is 0.276 e. The Morgan fingerprint density at radius 3 is 2.74 bits per heavy atom. The van der Waals surface area contributed by atoms with Crippen molar-refractivity contribution in [3.8, 4) is 5.75 Å². The molecule has 19 heavy (non-hydrogen) atoms. The van der Waals surface area contributed by atoms with Gasteiger partial charge in [-0.05, 0) is 25.1 Å². The number of hydrogen-bond donors (Lipinski definition) is 1. The summed E-state index contributed by atoms with van der Waals surface area (Å²) in [6.45, 7) is 1.85. The molecule has 0 saturated heterocycles. The van der Waals surface area contributed by atoms with Gasteiger partial charge in [-0.2, -0.15) is 5.10 Å². The highest BCUT2D eigenvalue weighted by atomic mass is 19.1. The van der Waals surface area contributed by atoms with E-state index < -0.39 is 5.82 Å². The Hall–Kier alpha value is -2.37. The van der Waals surface area contributed by atoms with Gasteiger partial charge in [-0.3, -0.25) is 9.48 Å². The molecule has 1 amide bonds. The zero-order chi connectivity index (χ0) is 14.0. The van der Waals surface area contributed by atoms with Crippen LogP contribution in [0.4, 0.5) is 10.1 Å². The number of carbonyl (C=O) groups is 1. The number of carbonyl (C=O) groups excluding carboxylic acids is 1. The summed E-state index contributed by atoms with van der Waals surface area (Å²) in [6.07, 6.45) is 0. The molecular weight excluding hydrogens is 249 g/mol. The normalized spacial score (nSPS) is 10.3. The molecule has 0 fully saturated rings. The summed E-state index contributed by atoms with van der Waals surface area (Å²) >= 11 is 0. The number of aromatic nitrogens is 2. The van der Waals surface area contributed by atoms with E-state index in [4.69, 9.17) is 4.74 Å². The molecule has 0 saturated carbocycles. The maximum atomic E-state index is 13.2. The molecule has 1 aromatic carbocycles. The number of nitrogens with zero attached hydrogens (tertiary/aromatic N) is 2. The molecule has 0 radical (unpaired) electrons. The van der Waals surface area contributed by atoms with Crippen molar-refractivity contribution >= 4 is 11.6 Å². The minimum Gasteiger partial charge on any atom is -0.494 e. The number of aryl methyl sites for hydroxylation is 2. The summed E-state index contributed by atoms with van der Waals surface area (Å²) in [5, 5.41) is 6.71. The Bertz CT molecular complexity index is 603. The van der Waals surface area contributed by atoms with Crippen molar-refractivity contribution in [2.75, 3.05) is 12.4 Å². The van der Waals surface area contributed by atoms with E-state index in [1.54, 1.807) is 17.8 Å². The van der Waals surface area contributed by atoms with Crippen molar-refractivity contribution in [1.29, 1.82) is 0 Å². The molecule has 2 rings (SSSR count). The Morgan fingerprint density at radius 1 is 1.42 bits per heavy atom. The standard InChI is InChI=1S/C13H14FN3O2/c1-8-6-11(16-17(8)2)13(18)15-9-4-5-10(14)12(7-9)19-3/h4-7H,1-3H3,(H,15,18). The first-order valence-electron chi connectivity index (χ1n) is 5.67. The topological polar surface area (TPSA) is 56.1 Å². The van der Waals surface area contributed by atoms with E-state index in [0.29, 0.717) is 11.4 Å². The van der Waals surface area contributed by atoms with Crippen LogP contribution in [0.5, 0.6) is 5.75 Å². The molecule has 0 unspecified atom stereocenters. The Kier molecular flexibility index (Phi) is 3.50. The van der Waals surface area contributed by atoms with E-state index in [9.17, 15) is 9.18 Å². The monoisotopic (exact) mass is 263 g/mol. The molecule has 100 valence electrons. The van der Waals surface area contributed by atoms with Gasteiger partial charge in [0, 0.05) is 24.5 Å². The highest BCUT2D eigenvalue weighted by Gasteiger charge is 2.12. The van der Waals surface area contributed by atoms with Gasteiger partial charge in [-0.1, -0.05) is 0 Å². The second-order valence-electron chi connectivity index (χ2n) is 4.10. The zero-order valence-corrected chi connectivity index (χ0v) is 10.9. The molecule has 1 aromatic heterocycles. The van der Waals surface area contributed by atoms with Crippen LogP contribution >= 0.6 is 0 Å². The van der Waals surface area contributed by atoms with Gasteiger partial charge in [-0.15, -0.1) is 0 Å². The lowest BCUT2D eigenvalue weighted by atomic mass is 10.2. The van der Waals surface area contributed by atoms with Crippen LogP contribution in [0.1, 0.15) is 16.2 Å². The number of rotatable bonds is 3. The second-order valence-corrected chi connectivity index (χ2v) is 4.10. The zero-order valence-electron chi connectivity index (χ0n) is 10.9. The SMILES string of the molecule is COc1cc(NC(=O)c2cc(C)n(C)n2)ccc1F. The van der Waals surface area contributed by atoms with Gasteiger partial charge in [0.2, 0.25) is 0 Å². The molecule has 1 heterocycles. The molecule has 6 heteroatoms. The van der Waals surface area contributed by atoms with Crippen molar-refractivity contribution in [3.63, 3.8) is 0 Å². The highest BCUT2D eigenvalue weighted by molar-refractivity contribution is 6.03. The lowest BCUT2D eigenvalue weighted by Gasteiger charge is -2.06. The van der Waals surface area contributed by atoms with Gasteiger partial charge in [0.15, 0.2) is 17.3 Å². The summed E-state index contributed by atoms with van der Waals surface area (Å²) in [5.74, 6) is -0.749. The lowest BCUT2D eigenvalue weighted by Crippen LogP contribution is -2.13. The third kappa shape index (κ3) is 2.73. The molecule has 0 aliphatic heterocycles. The average Bonchev–Trinajstić information content (AvgIpc) is 2.72. The molecule has 0 spiro atoms. The highest BCUT2D eigenvalue weighted by Crippen LogP contribution is 2.21. The Labute approximate surface area is 110 Å². The number of halogens is 1. The molecule has 0 aliphatic rings. The van der Waals surface area contributed by atoms with Gasteiger partial charge in [-0.25, -0.2) is 4.39 Å². The van der Waals surface area contributed by atoms with Crippen LogP contribution in [0.2, 0.25) is 0 Å². The quantitative estimate of drug-likeness (QED) is 0.923. The first-order valence-corrected chi connectivity index (χ1v) is 5.67. The fraction of sp³-hybridized carbons (Fsp3) is 0.231. The first-order chi connectivity index (χ1) is 9.01. The summed E-state index contributed by atoms with van der Waals surface area (Å²) < 4.78 is 19.7. The summed E-state index contributed by atoms with van der Waals surface area (Å²) in [7, 11) is 3.12. The Morgan fingerprint density at radius 2 is 2.16 bits per heavy atom. The number of nitrogens with one attached hydrogen (secondary N) is 1. The number of hydrogen-bond acceptors (Lipinski definition) is 3. The van der Waals surface area contributed by atoms with Crippen LogP contribution in [0.15, 0.2) is 24.3 Å². The predicted octanol–water partition coefficient (Wildman–Crippen LogP) is 2.13. The number of benzene rings is 1. The molecule has 1 N–H and O–H groups in total. The Balaban J connectivity index is 2.19. The van der Waals surface area contributed by atoms with E-state index in [0.717, 1.165) is 5.69 Å². The van der Waals surface area contributed by atoms with Crippen LogP contribution in [-0.4, -0.2) is 22.8 Å². The van der Waals surface area contributed by atoms with Gasteiger partial charge in [0.1, 0.15) is 0 Å². The average molecular weight is 263 g/mol. The molecule has 0 aliphatic carbocycles. The summed E-state index contributed by atoms with van der Waals surface area (Å²) in [5.41, 5.74) is 1.64. The van der Waals surface area contributed by atoms with Gasteiger partial charge >= 0.3 is 0 Å². The van der Waals surface area contributed by atoms with Crippen molar-refractivity contribution < 1.29 is 13.9 Å². The largest absolute Gasteiger partial charge is 0.494 e. The fourth-order valence-corrected chi connectivity index (χ4v) is 1.60. The van der Waals surface area contributed by atoms with E-state index in [2.05, 4.69) is 10.4 Å². The van der Waals surface area contributed by atoms with Crippen molar-refractivity contribution in [2.45, 2.75) is 6.92 Å². The van der Waals surface area contributed by atoms with Crippen molar-refractivity contribution in [1.82, 2.24) is 9.78 Å². The summed E-state index contributed by atoms with van der Waals surface area (Å²) in [4.78, 5) is 11.9. The maximum absolute atomic E-state index is 13.2. The number of ether oxygens (including phenoxy) is 1. The second kappa shape index (κ2) is 5.09. The first kappa shape index (κ1) is 13.1. The third-order valence-electron chi connectivity index (χ3n) is 2.76. The van der Waals surface area contributed by atoms with Crippen LogP contribution in [0.25, 0.3) is 0 Å². The molecule has 5 nitrogen and oxygen atoms in total. The third-order valence-corrected chi connectivity index (χ3v) is 2.76. The predicted molar refractivity (Wildman–Crippen MR) is 68.9 cm³/mol. The maximum Gasteiger partial charge on any atom is 0.276 e. The van der Waals surface area contributed by atoms with Gasteiger partial charge < -0.3 is 10.1 Å². The van der Waals surface area contributed by atoms with Crippen LogP contribution in [-0.2, 0) is 7.05 Å². The van der Waals surface area contributed by atoms with E-state index in [1.165, 1.54) is 25.3 Å². The van der Waals surface area contributed by atoms with Crippen LogP contribution < -0.4 is 10.1 Å². The lowest BCUT2D eigenvalue weighted by molar-refractivity contribution is 0.102.